The Morgan fingerprint density at radius 3 is 2.39 bits per heavy atom. The summed E-state index contributed by atoms with van der Waals surface area (Å²) in [6.07, 6.45) is 0. The molecule has 6 nitrogen and oxygen atoms in total. The first-order valence-corrected chi connectivity index (χ1v) is 6.70. The van der Waals surface area contributed by atoms with Crippen LogP contribution in [0.5, 0.6) is 11.5 Å². The lowest BCUT2D eigenvalue weighted by Gasteiger charge is -2.13. The van der Waals surface area contributed by atoms with Crippen molar-refractivity contribution >= 4 is 11.7 Å². The highest BCUT2D eigenvalue weighted by Crippen LogP contribution is 2.35. The zero-order chi connectivity index (χ0) is 17.1. The number of esters is 1. The van der Waals surface area contributed by atoms with E-state index in [0.29, 0.717) is 5.56 Å². The maximum absolute atomic E-state index is 14.6. The summed E-state index contributed by atoms with van der Waals surface area (Å²) in [6, 6.07) is 4.66. The highest BCUT2D eigenvalue weighted by molar-refractivity contribution is 5.93. The number of nitrogens with zero attached hydrogens (tertiary/aromatic N) is 1. The zero-order valence-corrected chi connectivity index (χ0v) is 13.3. The van der Waals surface area contributed by atoms with Gasteiger partial charge in [0.2, 0.25) is 0 Å². The number of pyridine rings is 1. The van der Waals surface area contributed by atoms with Crippen LogP contribution in [0.1, 0.15) is 16.1 Å². The van der Waals surface area contributed by atoms with Crippen LogP contribution >= 0.6 is 0 Å². The highest BCUT2D eigenvalue weighted by atomic mass is 19.1. The number of aromatic nitrogens is 1. The number of anilines is 1. The SMILES string of the molecule is COC(=O)c1nc(-c2ccc(C)c(OC)c2F)cc(N)c1OC. The average Bonchev–Trinajstić information content (AvgIpc) is 2.53. The van der Waals surface area contributed by atoms with Gasteiger partial charge in [-0.1, -0.05) is 6.07 Å². The van der Waals surface area contributed by atoms with Crippen molar-refractivity contribution in [3.63, 3.8) is 0 Å². The van der Waals surface area contributed by atoms with Gasteiger partial charge in [-0.05, 0) is 24.6 Å². The third-order valence-corrected chi connectivity index (χ3v) is 3.36. The molecule has 122 valence electrons. The van der Waals surface area contributed by atoms with E-state index >= 15 is 0 Å². The van der Waals surface area contributed by atoms with Crippen molar-refractivity contribution in [1.29, 1.82) is 0 Å². The van der Waals surface area contributed by atoms with E-state index in [0.717, 1.165) is 0 Å². The second-order valence-electron chi connectivity index (χ2n) is 4.75. The van der Waals surface area contributed by atoms with Gasteiger partial charge < -0.3 is 19.9 Å². The van der Waals surface area contributed by atoms with Crippen LogP contribution in [0.4, 0.5) is 10.1 Å². The molecule has 0 radical (unpaired) electrons. The number of methoxy groups -OCH3 is 3. The quantitative estimate of drug-likeness (QED) is 0.872. The normalized spacial score (nSPS) is 10.3. The lowest BCUT2D eigenvalue weighted by Crippen LogP contribution is -2.10. The molecule has 7 heteroatoms. The predicted octanol–water partition coefficient (Wildman–Crippen LogP) is 2.58. The number of ether oxygens (including phenoxy) is 3. The average molecular weight is 320 g/mol. The molecule has 0 spiro atoms. The van der Waals surface area contributed by atoms with Crippen molar-refractivity contribution in [1.82, 2.24) is 4.98 Å². The smallest absolute Gasteiger partial charge is 0.360 e. The molecule has 0 fully saturated rings. The topological polar surface area (TPSA) is 83.7 Å². The third-order valence-electron chi connectivity index (χ3n) is 3.36. The number of halogens is 1. The van der Waals surface area contributed by atoms with Gasteiger partial charge in [0.25, 0.3) is 0 Å². The summed E-state index contributed by atoms with van der Waals surface area (Å²) in [7, 11) is 3.95. The lowest BCUT2D eigenvalue weighted by molar-refractivity contribution is 0.0590. The molecule has 0 atom stereocenters. The zero-order valence-electron chi connectivity index (χ0n) is 13.3. The van der Waals surface area contributed by atoms with Crippen molar-refractivity contribution in [2.24, 2.45) is 0 Å². The van der Waals surface area contributed by atoms with Crippen LogP contribution < -0.4 is 15.2 Å². The van der Waals surface area contributed by atoms with Crippen LogP contribution in [-0.4, -0.2) is 32.3 Å². The van der Waals surface area contributed by atoms with Gasteiger partial charge in [0.05, 0.1) is 32.7 Å². The van der Waals surface area contributed by atoms with Crippen LogP contribution in [0.15, 0.2) is 18.2 Å². The molecule has 1 aromatic heterocycles. The standard InChI is InChI=1S/C16H17FN2O4/c1-8-5-6-9(12(17)14(8)21-2)11-7-10(18)15(22-3)13(19-11)16(20)23-4/h5-7H,1-4H3,(H2,18,19). The number of aryl methyl sites for hydroxylation is 1. The Morgan fingerprint density at radius 2 is 1.83 bits per heavy atom. The largest absolute Gasteiger partial charge is 0.493 e. The lowest BCUT2D eigenvalue weighted by atomic mass is 10.1. The van der Waals surface area contributed by atoms with Crippen LogP contribution in [-0.2, 0) is 4.74 Å². The third kappa shape index (κ3) is 2.90. The molecule has 0 aliphatic rings. The summed E-state index contributed by atoms with van der Waals surface area (Å²) < 4.78 is 29.4. The number of benzene rings is 1. The molecule has 0 aliphatic carbocycles. The number of rotatable bonds is 4. The van der Waals surface area contributed by atoms with Gasteiger partial charge in [0.15, 0.2) is 23.0 Å². The second-order valence-corrected chi connectivity index (χ2v) is 4.75. The van der Waals surface area contributed by atoms with Gasteiger partial charge in [-0.2, -0.15) is 0 Å². The van der Waals surface area contributed by atoms with Crippen molar-refractivity contribution < 1.29 is 23.4 Å². The first-order valence-electron chi connectivity index (χ1n) is 6.70. The molecule has 0 aliphatic heterocycles. The fourth-order valence-electron chi connectivity index (χ4n) is 2.24. The molecule has 1 heterocycles. The molecule has 2 aromatic rings. The van der Waals surface area contributed by atoms with Gasteiger partial charge in [-0.15, -0.1) is 0 Å². The maximum Gasteiger partial charge on any atom is 0.360 e. The Hall–Kier alpha value is -2.83. The van der Waals surface area contributed by atoms with Crippen LogP contribution in [0.2, 0.25) is 0 Å². The monoisotopic (exact) mass is 320 g/mol. The molecule has 0 unspecified atom stereocenters. The maximum atomic E-state index is 14.6. The van der Waals surface area contributed by atoms with E-state index in [2.05, 4.69) is 9.72 Å². The molecule has 0 saturated carbocycles. The number of nitrogens with two attached hydrogens (primary N) is 1. The van der Waals surface area contributed by atoms with Gasteiger partial charge in [-0.3, -0.25) is 0 Å². The minimum absolute atomic E-state index is 0.0834. The van der Waals surface area contributed by atoms with Crippen molar-refractivity contribution in [2.75, 3.05) is 27.1 Å². The number of carbonyl (C=O) groups excluding carboxylic acids is 1. The summed E-state index contributed by atoms with van der Waals surface area (Å²) in [4.78, 5) is 16.0. The predicted molar refractivity (Wildman–Crippen MR) is 83.2 cm³/mol. The number of nitrogen functional groups attached to an aromatic ring is 1. The molecule has 0 saturated heterocycles. The van der Waals surface area contributed by atoms with E-state index in [-0.39, 0.29) is 34.1 Å². The van der Waals surface area contributed by atoms with Crippen LogP contribution in [0.3, 0.4) is 0 Å². The summed E-state index contributed by atoms with van der Waals surface area (Å²) in [5.41, 5.74) is 6.90. The summed E-state index contributed by atoms with van der Waals surface area (Å²) >= 11 is 0. The van der Waals surface area contributed by atoms with Gasteiger partial charge in [0, 0.05) is 5.56 Å². The fourth-order valence-corrected chi connectivity index (χ4v) is 2.24. The van der Waals surface area contributed by atoms with E-state index < -0.39 is 11.8 Å². The van der Waals surface area contributed by atoms with E-state index in [1.165, 1.54) is 27.4 Å². The molecule has 2 N–H and O–H groups in total. The first kappa shape index (κ1) is 16.5. The number of hydrogen-bond acceptors (Lipinski definition) is 6. The minimum atomic E-state index is -0.727. The molecule has 2 rings (SSSR count). The molecule has 1 aromatic carbocycles. The van der Waals surface area contributed by atoms with Crippen LogP contribution in [0.25, 0.3) is 11.3 Å². The molecule has 0 bridgehead atoms. The molecule has 0 amide bonds. The molecular weight excluding hydrogens is 303 g/mol. The Labute approximate surface area is 133 Å². The Balaban J connectivity index is 2.70. The van der Waals surface area contributed by atoms with Crippen molar-refractivity contribution in [3.8, 4) is 22.8 Å². The molecule has 23 heavy (non-hydrogen) atoms. The first-order chi connectivity index (χ1) is 10.9. The summed E-state index contributed by atoms with van der Waals surface area (Å²) in [5.74, 6) is -1.12. The fraction of sp³-hybridized carbons (Fsp3) is 0.250. The Morgan fingerprint density at radius 1 is 1.17 bits per heavy atom. The van der Waals surface area contributed by atoms with E-state index in [1.807, 2.05) is 0 Å². The van der Waals surface area contributed by atoms with Crippen molar-refractivity contribution in [3.05, 3.63) is 35.3 Å². The van der Waals surface area contributed by atoms with Gasteiger partial charge >= 0.3 is 5.97 Å². The summed E-state index contributed by atoms with van der Waals surface area (Å²) in [5, 5.41) is 0. The number of hydrogen-bond donors (Lipinski definition) is 1. The van der Waals surface area contributed by atoms with E-state index in [9.17, 15) is 9.18 Å². The highest BCUT2D eigenvalue weighted by Gasteiger charge is 2.22. The van der Waals surface area contributed by atoms with E-state index in [4.69, 9.17) is 15.2 Å². The number of carbonyl (C=O) groups is 1. The Kier molecular flexibility index (Phi) is 4.68. The summed E-state index contributed by atoms with van der Waals surface area (Å²) in [6.45, 7) is 1.72. The van der Waals surface area contributed by atoms with E-state index in [1.54, 1.807) is 19.1 Å². The van der Waals surface area contributed by atoms with Crippen LogP contribution in [0, 0.1) is 12.7 Å². The van der Waals surface area contributed by atoms with Gasteiger partial charge in [-0.25, -0.2) is 14.2 Å². The van der Waals surface area contributed by atoms with Crippen molar-refractivity contribution in [2.45, 2.75) is 6.92 Å². The molecular formula is C16H17FN2O4. The minimum Gasteiger partial charge on any atom is -0.493 e. The second kappa shape index (κ2) is 6.51. The Bertz CT molecular complexity index is 762. The van der Waals surface area contributed by atoms with Gasteiger partial charge in [0.1, 0.15) is 0 Å².